The maximum atomic E-state index is 8.74. The van der Waals surface area contributed by atoms with Crippen LogP contribution in [0.25, 0.3) is 0 Å². The van der Waals surface area contributed by atoms with Crippen molar-refractivity contribution in [3.8, 4) is 0 Å². The zero-order chi connectivity index (χ0) is 13.6. The monoisotopic (exact) mass is 254 g/mol. The molecule has 0 saturated heterocycles. The minimum absolute atomic E-state index is 0.191. The highest BCUT2D eigenvalue weighted by molar-refractivity contribution is 4.91. The van der Waals surface area contributed by atoms with Crippen LogP contribution < -0.4 is 5.32 Å². The van der Waals surface area contributed by atoms with E-state index < -0.39 is 0 Å². The Morgan fingerprint density at radius 1 is 1.44 bits per heavy atom. The van der Waals surface area contributed by atoms with Crippen LogP contribution in [0.1, 0.15) is 39.8 Å². The molecule has 2 N–H and O–H groups in total. The average molecular weight is 254 g/mol. The topological polar surface area (TPSA) is 63.0 Å². The third kappa shape index (κ3) is 5.14. The van der Waals surface area contributed by atoms with Crippen molar-refractivity contribution in [2.24, 2.45) is 11.3 Å². The van der Waals surface area contributed by atoms with Crippen LogP contribution in [-0.2, 0) is 13.1 Å². The number of aliphatic hydroxyl groups is 1. The van der Waals surface area contributed by atoms with Crippen molar-refractivity contribution in [2.45, 2.75) is 47.2 Å². The number of hydrogen-bond acceptors (Lipinski definition) is 4. The van der Waals surface area contributed by atoms with Crippen LogP contribution in [0.4, 0.5) is 0 Å². The summed E-state index contributed by atoms with van der Waals surface area (Å²) in [5.41, 5.74) is 1.28. The minimum atomic E-state index is 0.191. The van der Waals surface area contributed by atoms with Crippen molar-refractivity contribution >= 4 is 0 Å². The van der Waals surface area contributed by atoms with E-state index in [0.29, 0.717) is 11.3 Å². The molecule has 1 aromatic heterocycles. The minimum Gasteiger partial charge on any atom is -0.396 e. The van der Waals surface area contributed by atoms with Gasteiger partial charge in [0.2, 0.25) is 0 Å². The Morgan fingerprint density at radius 3 is 2.78 bits per heavy atom. The molecule has 0 aromatic carbocycles. The Hall–Kier alpha value is -0.940. The van der Waals surface area contributed by atoms with Gasteiger partial charge in [-0.25, -0.2) is 0 Å². The fourth-order valence-electron chi connectivity index (χ4n) is 1.48. The summed E-state index contributed by atoms with van der Waals surface area (Å²) in [7, 11) is 0. The quantitative estimate of drug-likeness (QED) is 0.772. The van der Waals surface area contributed by atoms with E-state index in [9.17, 15) is 0 Å². The van der Waals surface area contributed by atoms with E-state index in [1.807, 2.05) is 6.20 Å². The Balaban J connectivity index is 2.29. The van der Waals surface area contributed by atoms with Gasteiger partial charge in [0.05, 0.1) is 5.69 Å². The van der Waals surface area contributed by atoms with E-state index in [-0.39, 0.29) is 6.61 Å². The standard InChI is InChI=1S/C13H26N4O/c1-11(13(2,3)4)8-14-9-12-10-17(16-15-12)6-5-7-18/h10-11,14,18H,5-9H2,1-4H3. The summed E-state index contributed by atoms with van der Waals surface area (Å²) in [4.78, 5) is 0. The van der Waals surface area contributed by atoms with Gasteiger partial charge in [0.15, 0.2) is 0 Å². The average Bonchev–Trinajstić information content (AvgIpc) is 2.73. The van der Waals surface area contributed by atoms with Gasteiger partial charge in [-0.1, -0.05) is 32.9 Å². The summed E-state index contributed by atoms with van der Waals surface area (Å²) in [6.45, 7) is 11.7. The van der Waals surface area contributed by atoms with Gasteiger partial charge in [-0.15, -0.1) is 5.10 Å². The number of nitrogens with zero attached hydrogens (tertiary/aromatic N) is 3. The van der Waals surface area contributed by atoms with Crippen LogP contribution in [0.5, 0.6) is 0 Å². The maximum absolute atomic E-state index is 8.74. The van der Waals surface area contributed by atoms with Gasteiger partial charge in [-0.05, 0) is 24.3 Å². The smallest absolute Gasteiger partial charge is 0.0964 e. The number of hydrogen-bond donors (Lipinski definition) is 2. The van der Waals surface area contributed by atoms with Crippen molar-refractivity contribution in [2.75, 3.05) is 13.2 Å². The van der Waals surface area contributed by atoms with Gasteiger partial charge in [0, 0.05) is 25.9 Å². The lowest BCUT2D eigenvalue weighted by Crippen LogP contribution is -2.29. The fraction of sp³-hybridized carbons (Fsp3) is 0.846. The second-order valence-electron chi connectivity index (χ2n) is 5.95. The van der Waals surface area contributed by atoms with Crippen molar-refractivity contribution in [1.82, 2.24) is 20.3 Å². The third-order valence-electron chi connectivity index (χ3n) is 3.37. The molecule has 1 heterocycles. The third-order valence-corrected chi connectivity index (χ3v) is 3.37. The summed E-state index contributed by atoms with van der Waals surface area (Å²) in [6.07, 6.45) is 2.65. The highest BCUT2D eigenvalue weighted by Crippen LogP contribution is 2.24. The Labute approximate surface area is 110 Å². The lowest BCUT2D eigenvalue weighted by Gasteiger charge is -2.27. The first-order valence-corrected chi connectivity index (χ1v) is 6.64. The van der Waals surface area contributed by atoms with Crippen LogP contribution in [0.2, 0.25) is 0 Å². The van der Waals surface area contributed by atoms with E-state index in [4.69, 9.17) is 5.11 Å². The molecule has 1 atom stereocenters. The lowest BCUT2D eigenvalue weighted by atomic mass is 9.82. The molecule has 104 valence electrons. The van der Waals surface area contributed by atoms with Crippen molar-refractivity contribution in [1.29, 1.82) is 0 Å². The molecule has 0 fully saturated rings. The van der Waals surface area contributed by atoms with E-state index in [0.717, 1.165) is 31.7 Å². The van der Waals surface area contributed by atoms with Crippen LogP contribution in [0.3, 0.4) is 0 Å². The molecule has 0 radical (unpaired) electrons. The largest absolute Gasteiger partial charge is 0.396 e. The summed E-state index contributed by atoms with van der Waals surface area (Å²) in [5, 5.41) is 20.3. The van der Waals surface area contributed by atoms with Gasteiger partial charge in [-0.2, -0.15) is 0 Å². The van der Waals surface area contributed by atoms with E-state index >= 15 is 0 Å². The predicted molar refractivity (Wildman–Crippen MR) is 72.1 cm³/mol. The maximum Gasteiger partial charge on any atom is 0.0964 e. The first-order chi connectivity index (χ1) is 8.43. The van der Waals surface area contributed by atoms with Gasteiger partial charge >= 0.3 is 0 Å². The number of rotatable bonds is 7. The molecule has 0 aliphatic carbocycles. The highest BCUT2D eigenvalue weighted by Gasteiger charge is 2.19. The molecule has 18 heavy (non-hydrogen) atoms. The molecule has 5 heteroatoms. The van der Waals surface area contributed by atoms with Gasteiger partial charge in [0.25, 0.3) is 0 Å². The molecule has 1 unspecified atom stereocenters. The van der Waals surface area contributed by atoms with Crippen LogP contribution in [-0.4, -0.2) is 33.3 Å². The second kappa shape index (κ2) is 6.85. The first kappa shape index (κ1) is 15.1. The summed E-state index contributed by atoms with van der Waals surface area (Å²) in [5.74, 6) is 0.613. The Kier molecular flexibility index (Phi) is 5.75. The molecule has 1 aromatic rings. The first-order valence-electron chi connectivity index (χ1n) is 6.64. The number of aryl methyl sites for hydroxylation is 1. The number of nitrogens with one attached hydrogen (secondary N) is 1. The molecule has 0 aliphatic heterocycles. The van der Waals surface area contributed by atoms with E-state index in [1.165, 1.54) is 0 Å². The molecule has 0 spiro atoms. The number of aromatic nitrogens is 3. The predicted octanol–water partition coefficient (Wildman–Crippen LogP) is 1.43. The summed E-state index contributed by atoms with van der Waals surface area (Å²) in [6, 6.07) is 0. The fourth-order valence-corrected chi connectivity index (χ4v) is 1.48. The van der Waals surface area contributed by atoms with Gasteiger partial charge in [-0.3, -0.25) is 4.68 Å². The molecule has 0 aliphatic rings. The Bertz CT molecular complexity index is 343. The molecule has 1 rings (SSSR count). The summed E-state index contributed by atoms with van der Waals surface area (Å²) < 4.78 is 1.78. The van der Waals surface area contributed by atoms with Gasteiger partial charge in [0.1, 0.15) is 0 Å². The van der Waals surface area contributed by atoms with Gasteiger partial charge < -0.3 is 10.4 Å². The number of aliphatic hydroxyl groups excluding tert-OH is 1. The summed E-state index contributed by atoms with van der Waals surface area (Å²) >= 11 is 0. The Morgan fingerprint density at radius 2 is 2.17 bits per heavy atom. The van der Waals surface area contributed by atoms with Crippen LogP contribution in [0, 0.1) is 11.3 Å². The molecular formula is C13H26N4O. The zero-order valence-corrected chi connectivity index (χ0v) is 12.0. The van der Waals surface area contributed by atoms with Crippen molar-refractivity contribution < 1.29 is 5.11 Å². The van der Waals surface area contributed by atoms with E-state index in [2.05, 4.69) is 43.3 Å². The SMILES string of the molecule is CC(CNCc1cn(CCCO)nn1)C(C)(C)C. The zero-order valence-electron chi connectivity index (χ0n) is 12.0. The molecule has 0 saturated carbocycles. The highest BCUT2D eigenvalue weighted by atomic mass is 16.3. The van der Waals surface area contributed by atoms with Crippen LogP contribution in [0.15, 0.2) is 6.20 Å². The van der Waals surface area contributed by atoms with E-state index in [1.54, 1.807) is 4.68 Å². The molecule has 5 nitrogen and oxygen atoms in total. The molecule has 0 amide bonds. The molecular weight excluding hydrogens is 228 g/mol. The normalized spacial score (nSPS) is 13.8. The van der Waals surface area contributed by atoms with Crippen LogP contribution >= 0.6 is 0 Å². The lowest BCUT2D eigenvalue weighted by molar-refractivity contribution is 0.252. The molecule has 0 bridgehead atoms. The van der Waals surface area contributed by atoms with Crippen molar-refractivity contribution in [3.05, 3.63) is 11.9 Å². The second-order valence-corrected chi connectivity index (χ2v) is 5.95. The van der Waals surface area contributed by atoms with Crippen molar-refractivity contribution in [3.63, 3.8) is 0 Å².